The molecular formula is C26H27N5O2. The number of likely N-dealkylation sites (N-methyl/N-ethyl adjacent to an activating group) is 1. The number of pyridine rings is 1. The Morgan fingerprint density at radius 2 is 1.82 bits per heavy atom. The van der Waals surface area contributed by atoms with Crippen molar-refractivity contribution in [3.8, 4) is 22.8 Å². The number of aryl methyl sites for hydroxylation is 3. The number of nitrogens with one attached hydrogen (secondary N) is 1. The zero-order valence-corrected chi connectivity index (χ0v) is 19.3. The Labute approximate surface area is 193 Å². The van der Waals surface area contributed by atoms with Gasteiger partial charge in [0, 0.05) is 55.0 Å². The molecule has 4 aromatic rings. The summed E-state index contributed by atoms with van der Waals surface area (Å²) >= 11 is 0. The van der Waals surface area contributed by atoms with Gasteiger partial charge in [-0.25, -0.2) is 0 Å². The van der Waals surface area contributed by atoms with E-state index in [1.807, 2.05) is 81.2 Å². The van der Waals surface area contributed by atoms with E-state index in [1.165, 1.54) is 0 Å². The van der Waals surface area contributed by atoms with Crippen molar-refractivity contribution in [1.82, 2.24) is 25.0 Å². The van der Waals surface area contributed by atoms with Crippen molar-refractivity contribution in [1.29, 1.82) is 0 Å². The van der Waals surface area contributed by atoms with Crippen LogP contribution in [0, 0.1) is 13.8 Å². The van der Waals surface area contributed by atoms with Gasteiger partial charge in [-0.05, 0) is 56.8 Å². The molecule has 3 heterocycles. The zero-order chi connectivity index (χ0) is 23.1. The van der Waals surface area contributed by atoms with Gasteiger partial charge < -0.3 is 15.0 Å². The fourth-order valence-electron chi connectivity index (χ4n) is 4.38. The van der Waals surface area contributed by atoms with E-state index in [0.717, 1.165) is 52.3 Å². The van der Waals surface area contributed by atoms with Gasteiger partial charge in [-0.2, -0.15) is 5.10 Å². The Balaban J connectivity index is 1.35. The summed E-state index contributed by atoms with van der Waals surface area (Å²) in [5.74, 6) is 1.42. The molecule has 7 nitrogen and oxygen atoms in total. The van der Waals surface area contributed by atoms with E-state index in [9.17, 15) is 4.79 Å². The van der Waals surface area contributed by atoms with Gasteiger partial charge in [0.2, 0.25) is 0 Å². The molecule has 0 aliphatic carbocycles. The average molecular weight is 442 g/mol. The molecule has 33 heavy (non-hydrogen) atoms. The van der Waals surface area contributed by atoms with Gasteiger partial charge in [-0.15, -0.1) is 0 Å². The highest BCUT2D eigenvalue weighted by molar-refractivity contribution is 5.96. The Hall–Kier alpha value is -3.71. The third-order valence-corrected chi connectivity index (χ3v) is 6.14. The highest BCUT2D eigenvalue weighted by Gasteiger charge is 2.25. The van der Waals surface area contributed by atoms with Crippen LogP contribution >= 0.6 is 0 Å². The summed E-state index contributed by atoms with van der Waals surface area (Å²) in [4.78, 5) is 19.3. The summed E-state index contributed by atoms with van der Waals surface area (Å²) in [5, 5.41) is 8.68. The topological polar surface area (TPSA) is 72.3 Å². The Bertz CT molecular complexity index is 1350. The van der Waals surface area contributed by atoms with Crippen molar-refractivity contribution in [3.05, 3.63) is 71.5 Å². The molecule has 1 aliphatic rings. The third kappa shape index (κ3) is 4.19. The summed E-state index contributed by atoms with van der Waals surface area (Å²) in [6.45, 7) is 5.75. The molecule has 1 N–H and O–H groups in total. The molecule has 2 aromatic heterocycles. The molecule has 0 radical (unpaired) electrons. The lowest BCUT2D eigenvalue weighted by molar-refractivity contribution is 0.0857. The molecule has 0 saturated carbocycles. The van der Waals surface area contributed by atoms with Crippen LogP contribution in [0.3, 0.4) is 0 Å². The number of hydrogen-bond donors (Lipinski definition) is 1. The molecule has 0 atom stereocenters. The summed E-state index contributed by atoms with van der Waals surface area (Å²) in [6.07, 6.45) is 1.74. The molecule has 5 rings (SSSR count). The van der Waals surface area contributed by atoms with Gasteiger partial charge in [0.1, 0.15) is 11.5 Å². The molecule has 1 amide bonds. The quantitative estimate of drug-likeness (QED) is 0.505. The van der Waals surface area contributed by atoms with E-state index in [4.69, 9.17) is 4.74 Å². The first-order valence-electron chi connectivity index (χ1n) is 11.0. The van der Waals surface area contributed by atoms with Gasteiger partial charge in [-0.3, -0.25) is 14.5 Å². The second-order valence-electron chi connectivity index (χ2n) is 8.79. The molecule has 168 valence electrons. The number of likely N-dealkylation sites (tertiary alicyclic amines) is 1. The van der Waals surface area contributed by atoms with E-state index in [1.54, 1.807) is 6.20 Å². The van der Waals surface area contributed by atoms with Crippen LogP contribution < -0.4 is 10.1 Å². The molecular weight excluding hydrogens is 414 g/mol. The number of hydrogen-bond acceptors (Lipinski definition) is 5. The fraction of sp³-hybridized carbons (Fsp3) is 0.269. The highest BCUT2D eigenvalue weighted by Crippen LogP contribution is 2.29. The van der Waals surface area contributed by atoms with Crippen LogP contribution in [0.15, 0.2) is 54.7 Å². The van der Waals surface area contributed by atoms with Crippen LogP contribution in [0.5, 0.6) is 11.5 Å². The van der Waals surface area contributed by atoms with Crippen LogP contribution in [0.2, 0.25) is 0 Å². The highest BCUT2D eigenvalue weighted by atomic mass is 16.5. The van der Waals surface area contributed by atoms with Crippen LogP contribution in [-0.2, 0) is 7.05 Å². The molecule has 1 fully saturated rings. The van der Waals surface area contributed by atoms with E-state index in [2.05, 4.69) is 20.3 Å². The second kappa shape index (κ2) is 8.33. The number of benzene rings is 2. The standard InChI is InChI=1S/C26H27N5O2/c1-16-11-18(5-7-22(16)26(32)28-19-14-30(3)15-19)24-12-21(9-10-27-24)33-20-6-8-23-17(2)29-31(4)25(23)13-20/h5-13,19H,14-15H2,1-4H3,(H,28,32). The molecule has 1 saturated heterocycles. The summed E-state index contributed by atoms with van der Waals surface area (Å²) < 4.78 is 7.99. The van der Waals surface area contributed by atoms with Gasteiger partial charge in [0.15, 0.2) is 0 Å². The van der Waals surface area contributed by atoms with Crippen molar-refractivity contribution in [2.45, 2.75) is 19.9 Å². The predicted octanol–water partition coefficient (Wildman–Crippen LogP) is 4.09. The first kappa shape index (κ1) is 21.2. The van der Waals surface area contributed by atoms with E-state index >= 15 is 0 Å². The Kier molecular flexibility index (Phi) is 5.34. The van der Waals surface area contributed by atoms with Gasteiger partial charge in [0.05, 0.1) is 22.9 Å². The Morgan fingerprint density at radius 1 is 1.03 bits per heavy atom. The molecule has 7 heteroatoms. The maximum absolute atomic E-state index is 12.6. The largest absolute Gasteiger partial charge is 0.457 e. The first-order valence-corrected chi connectivity index (χ1v) is 11.0. The number of ether oxygens (including phenoxy) is 1. The summed E-state index contributed by atoms with van der Waals surface area (Å²) in [5.41, 5.74) is 5.37. The molecule has 0 spiro atoms. The van der Waals surface area contributed by atoms with Crippen LogP contribution in [-0.4, -0.2) is 51.8 Å². The minimum absolute atomic E-state index is 0.0250. The van der Waals surface area contributed by atoms with Crippen LogP contribution in [0.25, 0.3) is 22.2 Å². The fourth-order valence-corrected chi connectivity index (χ4v) is 4.38. The van der Waals surface area contributed by atoms with Crippen LogP contribution in [0.1, 0.15) is 21.6 Å². The molecule has 0 bridgehead atoms. The number of fused-ring (bicyclic) bond motifs is 1. The first-order chi connectivity index (χ1) is 15.9. The Morgan fingerprint density at radius 3 is 2.58 bits per heavy atom. The number of carbonyl (C=O) groups is 1. The van der Waals surface area contributed by atoms with Crippen molar-refractivity contribution in [3.63, 3.8) is 0 Å². The third-order valence-electron chi connectivity index (χ3n) is 6.14. The smallest absolute Gasteiger partial charge is 0.251 e. The number of aromatic nitrogens is 3. The van der Waals surface area contributed by atoms with Crippen molar-refractivity contribution in [2.75, 3.05) is 20.1 Å². The number of rotatable bonds is 5. The SMILES string of the molecule is Cc1cc(-c2cc(Oc3ccc4c(C)nn(C)c4c3)ccn2)ccc1C(=O)NC1CN(C)C1. The second-order valence-corrected chi connectivity index (χ2v) is 8.79. The average Bonchev–Trinajstić information content (AvgIpc) is 3.05. The summed E-state index contributed by atoms with van der Waals surface area (Å²) in [7, 11) is 3.98. The van der Waals surface area contributed by atoms with Crippen molar-refractivity contribution >= 4 is 16.8 Å². The van der Waals surface area contributed by atoms with E-state index < -0.39 is 0 Å². The lowest BCUT2D eigenvalue weighted by Crippen LogP contribution is -2.57. The monoisotopic (exact) mass is 441 g/mol. The minimum atomic E-state index is -0.0250. The predicted molar refractivity (Wildman–Crippen MR) is 129 cm³/mol. The minimum Gasteiger partial charge on any atom is -0.457 e. The lowest BCUT2D eigenvalue weighted by Gasteiger charge is -2.36. The zero-order valence-electron chi connectivity index (χ0n) is 19.3. The maximum Gasteiger partial charge on any atom is 0.251 e. The van der Waals surface area contributed by atoms with Crippen molar-refractivity contribution in [2.24, 2.45) is 7.05 Å². The van der Waals surface area contributed by atoms with E-state index in [-0.39, 0.29) is 11.9 Å². The number of nitrogens with zero attached hydrogens (tertiary/aromatic N) is 4. The number of amides is 1. The number of carbonyl (C=O) groups excluding carboxylic acids is 1. The molecule has 1 aliphatic heterocycles. The van der Waals surface area contributed by atoms with E-state index in [0.29, 0.717) is 11.3 Å². The van der Waals surface area contributed by atoms with Gasteiger partial charge in [-0.1, -0.05) is 6.07 Å². The normalized spacial score (nSPS) is 14.3. The lowest BCUT2D eigenvalue weighted by atomic mass is 10.0. The van der Waals surface area contributed by atoms with Gasteiger partial charge >= 0.3 is 0 Å². The summed E-state index contributed by atoms with van der Waals surface area (Å²) in [6, 6.07) is 15.8. The maximum atomic E-state index is 12.6. The molecule has 2 aromatic carbocycles. The molecule has 0 unspecified atom stereocenters. The van der Waals surface area contributed by atoms with Crippen molar-refractivity contribution < 1.29 is 9.53 Å². The van der Waals surface area contributed by atoms with Crippen LogP contribution in [0.4, 0.5) is 0 Å². The van der Waals surface area contributed by atoms with Gasteiger partial charge in [0.25, 0.3) is 5.91 Å².